The predicted octanol–water partition coefficient (Wildman–Crippen LogP) is 4.75. The van der Waals surface area contributed by atoms with Gasteiger partial charge in [0, 0.05) is 15.6 Å². The van der Waals surface area contributed by atoms with Crippen molar-refractivity contribution in [3.63, 3.8) is 0 Å². The van der Waals surface area contributed by atoms with Crippen molar-refractivity contribution in [1.82, 2.24) is 5.01 Å². The van der Waals surface area contributed by atoms with Gasteiger partial charge < -0.3 is 0 Å². The second-order valence-electron chi connectivity index (χ2n) is 8.56. The highest BCUT2D eigenvalue weighted by atomic mass is 35.5. The van der Waals surface area contributed by atoms with E-state index in [0.717, 1.165) is 16.0 Å². The second kappa shape index (κ2) is 7.79. The Bertz CT molecular complexity index is 1370. The number of amides is 2. The van der Waals surface area contributed by atoms with Gasteiger partial charge in [0.15, 0.2) is 5.78 Å². The minimum absolute atomic E-state index is 0.248. The number of rotatable bonds is 3. The number of carbonyl (C=O) groups excluding carboxylic acids is 3. The maximum atomic E-state index is 13.8. The third-order valence-electron chi connectivity index (χ3n) is 6.73. The van der Waals surface area contributed by atoms with Crippen molar-refractivity contribution < 1.29 is 14.4 Å². The van der Waals surface area contributed by atoms with Gasteiger partial charge >= 0.3 is 0 Å². The minimum Gasteiger partial charge on any atom is -0.292 e. The number of benzene rings is 3. The van der Waals surface area contributed by atoms with Gasteiger partial charge in [-0.2, -0.15) is 5.10 Å². The van der Waals surface area contributed by atoms with Crippen LogP contribution in [0.3, 0.4) is 0 Å². The molecule has 0 aromatic heterocycles. The van der Waals surface area contributed by atoms with Crippen molar-refractivity contribution in [1.29, 1.82) is 0 Å². The van der Waals surface area contributed by atoms with E-state index in [0.29, 0.717) is 21.3 Å². The van der Waals surface area contributed by atoms with Crippen LogP contribution in [0.4, 0.5) is 5.69 Å². The van der Waals surface area contributed by atoms with Crippen molar-refractivity contribution in [3.8, 4) is 0 Å². The van der Waals surface area contributed by atoms with Gasteiger partial charge in [0.25, 0.3) is 0 Å². The maximum Gasteiger partial charge on any atom is 0.240 e. The summed E-state index contributed by atoms with van der Waals surface area (Å²) in [5, 5.41) is 6.83. The first kappa shape index (κ1) is 21.1. The molecular weight excluding hydrogens is 473 g/mol. The number of anilines is 1. The summed E-state index contributed by atoms with van der Waals surface area (Å²) in [6.45, 7) is 0. The summed E-state index contributed by atoms with van der Waals surface area (Å²) in [4.78, 5) is 42.5. The normalized spacial score (nSPS) is 24.8. The molecule has 0 bridgehead atoms. The molecule has 3 aliphatic rings. The average Bonchev–Trinajstić information content (AvgIpc) is 3.31. The topological polar surface area (TPSA) is 70.0 Å². The lowest BCUT2D eigenvalue weighted by Crippen LogP contribution is -2.44. The summed E-state index contributed by atoms with van der Waals surface area (Å²) in [5.41, 5.74) is 2.49. The van der Waals surface area contributed by atoms with E-state index < -0.39 is 35.7 Å². The van der Waals surface area contributed by atoms with Gasteiger partial charge in [0.05, 0.1) is 29.8 Å². The Labute approximate surface area is 205 Å². The molecule has 6 rings (SSSR count). The van der Waals surface area contributed by atoms with E-state index in [1.165, 1.54) is 18.2 Å². The Morgan fingerprint density at radius 3 is 2.21 bits per heavy atom. The third kappa shape index (κ3) is 3.02. The molecule has 168 valence electrons. The quantitative estimate of drug-likeness (QED) is 0.393. The fourth-order valence-corrected chi connectivity index (χ4v) is 5.88. The SMILES string of the molecule is O=C(c1ccccc1)[C@H]1[C@H]2C(=O)N(c3cc(Cl)cc(Cl)c3)C(=O)[C@@H]2[C@H]2c3ccccc3C=NN21. The van der Waals surface area contributed by atoms with Crippen LogP contribution < -0.4 is 4.90 Å². The highest BCUT2D eigenvalue weighted by Crippen LogP contribution is 2.53. The highest BCUT2D eigenvalue weighted by Gasteiger charge is 2.65. The molecule has 0 N–H and O–H groups in total. The molecule has 2 amide bonds. The minimum atomic E-state index is -0.918. The molecule has 0 spiro atoms. The van der Waals surface area contributed by atoms with Crippen LogP contribution in [0.2, 0.25) is 10.0 Å². The first-order valence-electron chi connectivity index (χ1n) is 10.8. The lowest BCUT2D eigenvalue weighted by molar-refractivity contribution is -0.124. The summed E-state index contributed by atoms with van der Waals surface area (Å²) < 4.78 is 0. The molecule has 2 fully saturated rings. The summed E-state index contributed by atoms with van der Waals surface area (Å²) in [5.74, 6) is -2.77. The summed E-state index contributed by atoms with van der Waals surface area (Å²) in [6.07, 6.45) is 1.68. The number of halogens is 2. The Morgan fingerprint density at radius 2 is 1.47 bits per heavy atom. The average molecular weight is 490 g/mol. The van der Waals surface area contributed by atoms with Gasteiger partial charge in [-0.1, -0.05) is 77.8 Å². The molecule has 3 heterocycles. The highest BCUT2D eigenvalue weighted by molar-refractivity contribution is 6.36. The molecule has 34 heavy (non-hydrogen) atoms. The van der Waals surface area contributed by atoms with Crippen molar-refractivity contribution in [3.05, 3.63) is 99.5 Å². The number of ketones is 1. The third-order valence-corrected chi connectivity index (χ3v) is 7.16. The summed E-state index contributed by atoms with van der Waals surface area (Å²) >= 11 is 12.3. The Kier molecular flexibility index (Phi) is 4.83. The van der Waals surface area contributed by atoms with Gasteiger partial charge in [0.2, 0.25) is 11.8 Å². The van der Waals surface area contributed by atoms with Crippen LogP contribution >= 0.6 is 23.2 Å². The van der Waals surface area contributed by atoms with Gasteiger partial charge in [-0.25, -0.2) is 4.90 Å². The van der Waals surface area contributed by atoms with Gasteiger partial charge in [-0.3, -0.25) is 19.4 Å². The van der Waals surface area contributed by atoms with E-state index in [2.05, 4.69) is 5.10 Å². The van der Waals surface area contributed by atoms with E-state index in [4.69, 9.17) is 23.2 Å². The summed E-state index contributed by atoms with van der Waals surface area (Å²) in [7, 11) is 0. The van der Waals surface area contributed by atoms with Crippen LogP contribution in [0.5, 0.6) is 0 Å². The van der Waals surface area contributed by atoms with E-state index in [1.807, 2.05) is 30.3 Å². The maximum absolute atomic E-state index is 13.8. The zero-order chi connectivity index (χ0) is 23.6. The number of imide groups is 1. The molecule has 8 heteroatoms. The molecule has 4 atom stereocenters. The van der Waals surface area contributed by atoms with Gasteiger partial charge in [0.1, 0.15) is 6.04 Å². The fraction of sp³-hybridized carbons (Fsp3) is 0.154. The Balaban J connectivity index is 1.51. The molecule has 6 nitrogen and oxygen atoms in total. The van der Waals surface area contributed by atoms with Crippen molar-refractivity contribution in [2.24, 2.45) is 16.9 Å². The van der Waals surface area contributed by atoms with E-state index >= 15 is 0 Å². The Hall–Kier alpha value is -3.48. The number of carbonyl (C=O) groups is 3. The lowest BCUT2D eigenvalue weighted by atomic mass is 9.83. The standard InChI is InChI=1S/C26H17Cl2N3O3/c27-16-10-17(28)12-18(11-16)30-25(33)20-21(26(30)34)23(24(32)14-6-2-1-3-7-14)31-22(20)19-9-5-4-8-15(19)13-29-31/h1-13,20-23H/t20-,21-,22+,23+/m0/s1. The van der Waals surface area contributed by atoms with Crippen LogP contribution in [0, 0.1) is 11.8 Å². The fourth-order valence-electron chi connectivity index (χ4n) is 5.36. The van der Waals surface area contributed by atoms with Crippen molar-refractivity contribution in [2.45, 2.75) is 12.1 Å². The number of hydrogen-bond acceptors (Lipinski definition) is 5. The van der Waals surface area contributed by atoms with Crippen molar-refractivity contribution >= 4 is 52.7 Å². The zero-order valence-electron chi connectivity index (χ0n) is 17.6. The lowest BCUT2D eigenvalue weighted by Gasteiger charge is -2.33. The number of hydrogen-bond donors (Lipinski definition) is 0. The van der Waals surface area contributed by atoms with Gasteiger partial charge in [-0.05, 0) is 29.3 Å². The molecule has 0 saturated carbocycles. The molecular formula is C26H17Cl2N3O3. The van der Waals surface area contributed by atoms with Crippen LogP contribution in [0.1, 0.15) is 27.5 Å². The number of hydrazone groups is 1. The number of fused-ring (bicyclic) bond motifs is 5. The zero-order valence-corrected chi connectivity index (χ0v) is 19.1. The molecule has 3 aromatic rings. The van der Waals surface area contributed by atoms with E-state index in [1.54, 1.807) is 35.5 Å². The van der Waals surface area contributed by atoms with E-state index in [-0.39, 0.29) is 5.78 Å². The molecule has 0 unspecified atom stereocenters. The van der Waals surface area contributed by atoms with Crippen LogP contribution in [-0.4, -0.2) is 34.9 Å². The van der Waals surface area contributed by atoms with Gasteiger partial charge in [-0.15, -0.1) is 0 Å². The molecule has 2 saturated heterocycles. The number of Topliss-reactive ketones (excluding diaryl/α,β-unsaturated/α-hetero) is 1. The largest absolute Gasteiger partial charge is 0.292 e. The Morgan fingerprint density at radius 1 is 0.824 bits per heavy atom. The van der Waals surface area contributed by atoms with Crippen molar-refractivity contribution in [2.75, 3.05) is 4.90 Å². The molecule has 0 radical (unpaired) electrons. The first-order chi connectivity index (χ1) is 16.5. The summed E-state index contributed by atoms with van der Waals surface area (Å²) in [6, 6.07) is 19.5. The monoisotopic (exact) mass is 489 g/mol. The smallest absolute Gasteiger partial charge is 0.240 e. The molecule has 0 aliphatic carbocycles. The van der Waals surface area contributed by atoms with E-state index in [9.17, 15) is 14.4 Å². The molecule has 3 aliphatic heterocycles. The first-order valence-corrected chi connectivity index (χ1v) is 11.6. The van der Waals surface area contributed by atoms with Crippen LogP contribution in [0.25, 0.3) is 0 Å². The second-order valence-corrected chi connectivity index (χ2v) is 9.44. The molecule has 3 aromatic carbocycles. The predicted molar refractivity (Wildman–Crippen MR) is 129 cm³/mol. The van der Waals surface area contributed by atoms with Crippen LogP contribution in [0.15, 0.2) is 77.9 Å². The number of nitrogens with zero attached hydrogens (tertiary/aromatic N) is 3. The van der Waals surface area contributed by atoms with Crippen LogP contribution in [-0.2, 0) is 9.59 Å².